The third kappa shape index (κ3) is 2.81. The molecule has 1 aliphatic carbocycles. The largest absolute Gasteiger partial charge is 0.474 e. The molecule has 0 aliphatic heterocycles. The van der Waals surface area contributed by atoms with Crippen molar-refractivity contribution in [3.05, 3.63) is 11.4 Å². The molecule has 19 heavy (non-hydrogen) atoms. The molecule has 5 heteroatoms. The minimum absolute atomic E-state index is 0.321. The molecule has 4 nitrogen and oxygen atoms in total. The molecule has 0 saturated heterocycles. The third-order valence-corrected chi connectivity index (χ3v) is 4.26. The molecule has 1 aliphatic rings. The van der Waals surface area contributed by atoms with Gasteiger partial charge in [-0.1, -0.05) is 6.42 Å². The van der Waals surface area contributed by atoms with E-state index in [1.165, 1.54) is 19.3 Å². The average Bonchev–Trinajstić information content (AvgIpc) is 2.89. The Morgan fingerprint density at radius 2 is 2.16 bits per heavy atom. The van der Waals surface area contributed by atoms with Crippen molar-refractivity contribution in [3.63, 3.8) is 0 Å². The molecule has 102 valence electrons. The van der Waals surface area contributed by atoms with Gasteiger partial charge >= 0.3 is 0 Å². The number of nitrogens with one attached hydrogen (secondary N) is 1. The highest BCUT2D eigenvalue weighted by Crippen LogP contribution is 2.31. The number of thiophene rings is 1. The smallest absolute Gasteiger partial charge is 0.227 e. The van der Waals surface area contributed by atoms with E-state index in [-0.39, 0.29) is 0 Å². The number of hydrogen-bond donors (Lipinski definition) is 1. The van der Waals surface area contributed by atoms with E-state index in [1.54, 1.807) is 11.3 Å². The highest BCUT2D eigenvalue weighted by atomic mass is 32.1. The van der Waals surface area contributed by atoms with Crippen LogP contribution in [0.3, 0.4) is 0 Å². The predicted molar refractivity (Wildman–Crippen MR) is 79.1 cm³/mol. The van der Waals surface area contributed by atoms with E-state index >= 15 is 0 Å². The van der Waals surface area contributed by atoms with Crippen molar-refractivity contribution in [2.45, 2.75) is 45.1 Å². The molecule has 0 amide bonds. The normalized spacial score (nSPS) is 16.7. The van der Waals surface area contributed by atoms with Crippen molar-refractivity contribution in [1.29, 1.82) is 0 Å². The zero-order valence-electron chi connectivity index (χ0n) is 11.2. The molecule has 2 aromatic rings. The molecule has 0 atom stereocenters. The van der Waals surface area contributed by atoms with Crippen molar-refractivity contribution in [2.24, 2.45) is 0 Å². The Kier molecular flexibility index (Phi) is 3.82. The van der Waals surface area contributed by atoms with Crippen LogP contribution in [0.4, 0.5) is 5.95 Å². The monoisotopic (exact) mass is 277 g/mol. The van der Waals surface area contributed by atoms with Gasteiger partial charge in [-0.15, -0.1) is 11.3 Å². The minimum atomic E-state index is 0.321. The Morgan fingerprint density at radius 3 is 2.95 bits per heavy atom. The third-order valence-electron chi connectivity index (χ3n) is 3.46. The summed E-state index contributed by atoms with van der Waals surface area (Å²) in [7, 11) is 0. The molecule has 2 heterocycles. The standard InChI is InChI=1S/C14H19N3OS/c1-2-15-14-16-12(11-8-9-19-13(11)17-14)18-10-6-4-3-5-7-10/h8-10H,2-7H2,1H3,(H,15,16,17). The summed E-state index contributed by atoms with van der Waals surface area (Å²) in [5.74, 6) is 1.41. The van der Waals surface area contributed by atoms with E-state index in [1.807, 2.05) is 18.4 Å². The van der Waals surface area contributed by atoms with Crippen molar-refractivity contribution >= 4 is 27.5 Å². The second kappa shape index (κ2) is 5.74. The fraction of sp³-hybridized carbons (Fsp3) is 0.571. The summed E-state index contributed by atoms with van der Waals surface area (Å²) in [6.45, 7) is 2.86. The van der Waals surface area contributed by atoms with Gasteiger partial charge in [-0.25, -0.2) is 4.98 Å². The molecule has 1 fully saturated rings. The first-order chi connectivity index (χ1) is 9.36. The van der Waals surface area contributed by atoms with E-state index in [0.29, 0.717) is 12.1 Å². The summed E-state index contributed by atoms with van der Waals surface area (Å²) < 4.78 is 6.13. The highest BCUT2D eigenvalue weighted by Gasteiger charge is 2.18. The lowest BCUT2D eigenvalue weighted by molar-refractivity contribution is 0.151. The van der Waals surface area contributed by atoms with E-state index in [4.69, 9.17) is 4.74 Å². The summed E-state index contributed by atoms with van der Waals surface area (Å²) in [6.07, 6.45) is 6.48. The van der Waals surface area contributed by atoms with Crippen LogP contribution >= 0.6 is 11.3 Å². The Bertz CT molecular complexity index is 549. The number of ether oxygens (including phenoxy) is 1. The molecule has 0 bridgehead atoms. The van der Waals surface area contributed by atoms with Crippen molar-refractivity contribution in [1.82, 2.24) is 9.97 Å². The van der Waals surface area contributed by atoms with Gasteiger partial charge in [-0.05, 0) is 44.1 Å². The fourth-order valence-electron chi connectivity index (χ4n) is 2.50. The molecular weight excluding hydrogens is 258 g/mol. The summed E-state index contributed by atoms with van der Waals surface area (Å²) in [5.41, 5.74) is 0. The van der Waals surface area contributed by atoms with Crippen LogP contribution in [0, 0.1) is 0 Å². The second-order valence-electron chi connectivity index (χ2n) is 4.90. The van der Waals surface area contributed by atoms with E-state index in [2.05, 4.69) is 15.3 Å². The van der Waals surface area contributed by atoms with Gasteiger partial charge in [-0.2, -0.15) is 4.98 Å². The van der Waals surface area contributed by atoms with Gasteiger partial charge in [0, 0.05) is 6.54 Å². The first-order valence-electron chi connectivity index (χ1n) is 7.02. The number of rotatable bonds is 4. The van der Waals surface area contributed by atoms with Gasteiger partial charge in [0.1, 0.15) is 10.9 Å². The van der Waals surface area contributed by atoms with E-state index in [9.17, 15) is 0 Å². The minimum Gasteiger partial charge on any atom is -0.474 e. The zero-order valence-corrected chi connectivity index (χ0v) is 12.0. The maximum absolute atomic E-state index is 6.13. The maximum atomic E-state index is 6.13. The average molecular weight is 277 g/mol. The van der Waals surface area contributed by atoms with Crippen LogP contribution in [0.1, 0.15) is 39.0 Å². The fourth-order valence-corrected chi connectivity index (χ4v) is 3.25. The van der Waals surface area contributed by atoms with Crippen molar-refractivity contribution in [3.8, 4) is 5.88 Å². The lowest BCUT2D eigenvalue weighted by Gasteiger charge is -2.22. The molecule has 0 unspecified atom stereocenters. The second-order valence-corrected chi connectivity index (χ2v) is 5.79. The van der Waals surface area contributed by atoms with Crippen LogP contribution in [0.25, 0.3) is 10.2 Å². The number of anilines is 1. The summed E-state index contributed by atoms with van der Waals surface area (Å²) in [4.78, 5) is 10.0. The predicted octanol–water partition coefficient (Wildman–Crippen LogP) is 3.83. The number of nitrogens with zero attached hydrogens (tertiary/aromatic N) is 2. The van der Waals surface area contributed by atoms with Gasteiger partial charge < -0.3 is 10.1 Å². The number of aromatic nitrogens is 2. The SMILES string of the molecule is CCNc1nc(OC2CCCCC2)c2ccsc2n1. The molecule has 0 spiro atoms. The molecule has 0 radical (unpaired) electrons. The van der Waals surface area contributed by atoms with Gasteiger partial charge in [-0.3, -0.25) is 0 Å². The lowest BCUT2D eigenvalue weighted by Crippen LogP contribution is -2.20. The summed E-state index contributed by atoms with van der Waals surface area (Å²) >= 11 is 1.63. The molecule has 2 aromatic heterocycles. The first-order valence-corrected chi connectivity index (χ1v) is 7.90. The van der Waals surface area contributed by atoms with Gasteiger partial charge in [0.25, 0.3) is 0 Å². The van der Waals surface area contributed by atoms with Crippen LogP contribution < -0.4 is 10.1 Å². The first kappa shape index (κ1) is 12.7. The molecule has 1 N–H and O–H groups in total. The Balaban J connectivity index is 1.88. The van der Waals surface area contributed by atoms with Gasteiger partial charge in [0.05, 0.1) is 5.39 Å². The maximum Gasteiger partial charge on any atom is 0.227 e. The highest BCUT2D eigenvalue weighted by molar-refractivity contribution is 7.16. The van der Waals surface area contributed by atoms with E-state index in [0.717, 1.165) is 35.5 Å². The Hall–Kier alpha value is -1.36. The molecule has 3 rings (SSSR count). The van der Waals surface area contributed by atoms with Crippen LogP contribution in [0.2, 0.25) is 0 Å². The van der Waals surface area contributed by atoms with Crippen LogP contribution in [0.15, 0.2) is 11.4 Å². The molecule has 0 aromatic carbocycles. The van der Waals surface area contributed by atoms with Gasteiger partial charge in [0.15, 0.2) is 0 Å². The van der Waals surface area contributed by atoms with Crippen molar-refractivity contribution in [2.75, 3.05) is 11.9 Å². The summed E-state index contributed by atoms with van der Waals surface area (Å²) in [5, 5.41) is 6.26. The number of hydrogen-bond acceptors (Lipinski definition) is 5. The zero-order chi connectivity index (χ0) is 13.1. The molecule has 1 saturated carbocycles. The van der Waals surface area contributed by atoms with Gasteiger partial charge in [0.2, 0.25) is 11.8 Å². The van der Waals surface area contributed by atoms with Crippen LogP contribution in [-0.2, 0) is 0 Å². The Morgan fingerprint density at radius 1 is 1.32 bits per heavy atom. The topological polar surface area (TPSA) is 47.0 Å². The van der Waals surface area contributed by atoms with Crippen molar-refractivity contribution < 1.29 is 4.74 Å². The molecular formula is C14H19N3OS. The van der Waals surface area contributed by atoms with E-state index < -0.39 is 0 Å². The summed E-state index contributed by atoms with van der Waals surface area (Å²) in [6, 6.07) is 2.05. The van der Waals surface area contributed by atoms with Crippen LogP contribution in [0.5, 0.6) is 5.88 Å². The number of fused-ring (bicyclic) bond motifs is 1. The van der Waals surface area contributed by atoms with Crippen LogP contribution in [-0.4, -0.2) is 22.6 Å². The quantitative estimate of drug-likeness (QED) is 0.922. The lowest BCUT2D eigenvalue weighted by atomic mass is 9.98. The Labute approximate surface area is 117 Å².